The lowest BCUT2D eigenvalue weighted by Gasteiger charge is -2.42. The zero-order valence-electron chi connectivity index (χ0n) is 27.1. The molecule has 3 heterocycles. The highest BCUT2D eigenvalue weighted by atomic mass is 32.3. The number of aromatic nitrogens is 4. The number of amides is 1. The number of pyridine rings is 1. The summed E-state index contributed by atoms with van der Waals surface area (Å²) in [5.41, 5.74) is 2.86. The number of hydrogen-bond donors (Lipinski definition) is 3. The Bertz CT molecular complexity index is 1630. The second kappa shape index (κ2) is 14.3. The topological polar surface area (TPSA) is 135 Å². The second-order valence-electron chi connectivity index (χ2n) is 12.2. The van der Waals surface area contributed by atoms with E-state index in [1.54, 1.807) is 51.7 Å². The number of carbonyl (C=O) groups is 1. The van der Waals surface area contributed by atoms with E-state index < -0.39 is 22.3 Å². The number of carbonyl (C=O) groups excluding carboxylic acids is 1. The number of rotatable bonds is 12. The molecule has 0 fully saturated rings. The van der Waals surface area contributed by atoms with Crippen molar-refractivity contribution in [3.05, 3.63) is 95.6 Å². The number of anilines is 1. The number of hydrogen-bond acceptors (Lipinski definition) is 9. The van der Waals surface area contributed by atoms with Crippen LogP contribution in [0.4, 0.5) is 5.69 Å². The smallest absolute Gasteiger partial charge is 0.233 e. The fraction of sp³-hybridized carbons (Fsp3) is 0.412. The largest absolute Gasteiger partial charge is 0.487 e. The van der Waals surface area contributed by atoms with E-state index in [1.807, 2.05) is 58.2 Å². The van der Waals surface area contributed by atoms with Crippen LogP contribution in [0, 0.1) is 12.3 Å². The van der Waals surface area contributed by atoms with E-state index in [4.69, 9.17) is 9.47 Å². The van der Waals surface area contributed by atoms with Crippen LogP contribution < -0.4 is 10.1 Å². The van der Waals surface area contributed by atoms with E-state index in [-0.39, 0.29) is 25.2 Å². The van der Waals surface area contributed by atoms with Crippen molar-refractivity contribution in [2.45, 2.75) is 84.3 Å². The fourth-order valence-electron chi connectivity index (χ4n) is 5.52. The van der Waals surface area contributed by atoms with Gasteiger partial charge in [-0.1, -0.05) is 49.4 Å². The van der Waals surface area contributed by atoms with E-state index in [9.17, 15) is 13.9 Å². The summed E-state index contributed by atoms with van der Waals surface area (Å²) in [6.07, 6.45) is 5.85. The van der Waals surface area contributed by atoms with Crippen LogP contribution in [0.5, 0.6) is 5.75 Å². The van der Waals surface area contributed by atoms with Crippen molar-refractivity contribution < 1.29 is 23.4 Å². The van der Waals surface area contributed by atoms with Gasteiger partial charge in [-0.15, -0.1) is 15.9 Å². The molecule has 2 aromatic carbocycles. The molecule has 4 aromatic rings. The van der Waals surface area contributed by atoms with Gasteiger partial charge in [-0.2, -0.15) is 4.31 Å². The Balaban J connectivity index is 1.48. The summed E-state index contributed by atoms with van der Waals surface area (Å²) in [6, 6.07) is 16.6. The number of nitrogens with zero attached hydrogens (tertiary/aromatic N) is 5. The van der Waals surface area contributed by atoms with Crippen LogP contribution in [-0.2, 0) is 29.2 Å². The minimum absolute atomic E-state index is 0.153. The Morgan fingerprint density at radius 1 is 1.17 bits per heavy atom. The number of para-hydroxylation sites is 1. The summed E-state index contributed by atoms with van der Waals surface area (Å²) < 4.78 is 39.4. The first-order chi connectivity index (χ1) is 22.0. The van der Waals surface area contributed by atoms with E-state index in [1.165, 1.54) is 0 Å². The van der Waals surface area contributed by atoms with Crippen LogP contribution >= 0.6 is 10.8 Å². The highest BCUT2D eigenvalue weighted by Crippen LogP contribution is 2.57. The van der Waals surface area contributed by atoms with Gasteiger partial charge in [0.2, 0.25) is 5.91 Å². The van der Waals surface area contributed by atoms with Crippen LogP contribution in [0.25, 0.3) is 0 Å². The van der Waals surface area contributed by atoms with Crippen molar-refractivity contribution in [2.24, 2.45) is 5.41 Å². The van der Waals surface area contributed by atoms with Gasteiger partial charge in [0.1, 0.15) is 22.4 Å². The minimum atomic E-state index is -3.35. The van der Waals surface area contributed by atoms with E-state index in [2.05, 4.69) is 27.5 Å². The van der Waals surface area contributed by atoms with Gasteiger partial charge in [0.25, 0.3) is 0 Å². The van der Waals surface area contributed by atoms with Crippen molar-refractivity contribution in [2.75, 3.05) is 11.9 Å². The monoisotopic (exact) mass is 648 g/mol. The third-order valence-electron chi connectivity index (χ3n) is 8.28. The third-order valence-corrected chi connectivity index (χ3v) is 10.2. The van der Waals surface area contributed by atoms with Crippen molar-refractivity contribution in [1.82, 2.24) is 24.3 Å². The van der Waals surface area contributed by atoms with Gasteiger partial charge in [0.05, 0.1) is 42.8 Å². The Morgan fingerprint density at radius 2 is 1.98 bits per heavy atom. The lowest BCUT2D eigenvalue weighted by Crippen LogP contribution is -2.38. The molecule has 0 aliphatic carbocycles. The Labute approximate surface area is 272 Å². The predicted molar refractivity (Wildman–Crippen MR) is 178 cm³/mol. The highest BCUT2D eigenvalue weighted by molar-refractivity contribution is 8.22. The normalized spacial score (nSPS) is 17.8. The quantitative estimate of drug-likeness (QED) is 0.148. The number of benzene rings is 2. The molecule has 46 heavy (non-hydrogen) atoms. The lowest BCUT2D eigenvalue weighted by molar-refractivity contribution is -0.134. The molecule has 5 rings (SSSR count). The lowest BCUT2D eigenvalue weighted by atomic mass is 9.80. The number of fused-ring (bicyclic) bond motifs is 1. The van der Waals surface area contributed by atoms with Crippen LogP contribution in [0.2, 0.25) is 0 Å². The zero-order valence-corrected chi connectivity index (χ0v) is 27.9. The first-order valence-electron chi connectivity index (χ1n) is 15.6. The summed E-state index contributed by atoms with van der Waals surface area (Å²) in [7, 11) is -3.35. The molecular formula is C34H44N6O5S. The Hall–Kier alpha value is -3.81. The molecule has 0 saturated heterocycles. The van der Waals surface area contributed by atoms with Gasteiger partial charge >= 0.3 is 0 Å². The molecule has 2 atom stereocenters. The first-order valence-corrected chi connectivity index (χ1v) is 17.1. The fourth-order valence-corrected chi connectivity index (χ4v) is 7.14. The SMILES string of the molecule is CCCn1cc(CO[C@H](c2ccc(C)c(CN3C[C@@H](CC)Oc4ccccc4S3(O)O)c2)C(C)(C)C(=O)Nc2cccnc2)nn1. The number of aryl methyl sites for hydroxylation is 2. The summed E-state index contributed by atoms with van der Waals surface area (Å²) in [4.78, 5) is 18.3. The van der Waals surface area contributed by atoms with Gasteiger partial charge in [0, 0.05) is 19.3 Å². The second-order valence-corrected chi connectivity index (χ2v) is 14.2. The minimum Gasteiger partial charge on any atom is -0.487 e. The summed E-state index contributed by atoms with van der Waals surface area (Å²) in [6.45, 7) is 11.3. The van der Waals surface area contributed by atoms with Gasteiger partial charge < -0.3 is 14.8 Å². The van der Waals surface area contributed by atoms with Crippen molar-refractivity contribution in [1.29, 1.82) is 0 Å². The van der Waals surface area contributed by atoms with Gasteiger partial charge in [0.15, 0.2) is 0 Å². The van der Waals surface area contributed by atoms with Gasteiger partial charge in [-0.05, 0) is 74.6 Å². The molecule has 12 heteroatoms. The Kier molecular flexibility index (Phi) is 10.4. The average molecular weight is 649 g/mol. The number of ether oxygens (including phenoxy) is 2. The maximum atomic E-state index is 13.8. The third kappa shape index (κ3) is 7.42. The van der Waals surface area contributed by atoms with E-state index in [0.717, 1.165) is 29.7 Å². The highest BCUT2D eigenvalue weighted by Gasteiger charge is 2.40. The van der Waals surface area contributed by atoms with E-state index in [0.29, 0.717) is 35.0 Å². The average Bonchev–Trinajstić information content (AvgIpc) is 3.45. The molecule has 3 N–H and O–H groups in total. The van der Waals surface area contributed by atoms with Crippen LogP contribution in [0.15, 0.2) is 78.1 Å². The summed E-state index contributed by atoms with van der Waals surface area (Å²) in [5.74, 6) is 0.261. The molecule has 0 unspecified atom stereocenters. The van der Waals surface area contributed by atoms with Crippen LogP contribution in [0.1, 0.15) is 69.0 Å². The summed E-state index contributed by atoms with van der Waals surface area (Å²) in [5, 5.41) is 11.4. The maximum absolute atomic E-state index is 13.8. The standard InChI is InChI=1S/C34H44N6O5S/c1-6-17-39-21-28(37-38-39)23-44-32(34(4,5)33(41)36-27-11-10-16-35-19-27)25-15-14-24(3)26(18-25)20-40-22-29(7-2)45-30-12-8-9-13-31(30)46(40,42)43/h8-16,18-19,21,29,32,42-43H,6-7,17,20,22-23H2,1-5H3,(H,36,41)/t29-,32-/m1/s1. The molecule has 1 amide bonds. The van der Waals surface area contributed by atoms with Crippen LogP contribution in [-0.4, -0.2) is 51.9 Å². The zero-order chi connectivity index (χ0) is 32.9. The van der Waals surface area contributed by atoms with Crippen molar-refractivity contribution in [3.8, 4) is 5.75 Å². The molecule has 0 bridgehead atoms. The molecule has 246 valence electrons. The molecule has 1 aliphatic heterocycles. The molecule has 0 saturated carbocycles. The van der Waals surface area contributed by atoms with E-state index >= 15 is 0 Å². The first kappa shape index (κ1) is 33.6. The molecular weight excluding hydrogens is 604 g/mol. The van der Waals surface area contributed by atoms with Crippen LogP contribution in [0.3, 0.4) is 0 Å². The van der Waals surface area contributed by atoms with Gasteiger partial charge in [-0.3, -0.25) is 23.6 Å². The molecule has 0 radical (unpaired) electrons. The summed E-state index contributed by atoms with van der Waals surface area (Å²) >= 11 is 0. The van der Waals surface area contributed by atoms with Gasteiger partial charge in [-0.25, -0.2) is 0 Å². The molecule has 0 spiro atoms. The number of nitrogens with one attached hydrogen (secondary N) is 1. The molecule has 11 nitrogen and oxygen atoms in total. The predicted octanol–water partition coefficient (Wildman–Crippen LogP) is 7.01. The molecule has 2 aromatic heterocycles. The maximum Gasteiger partial charge on any atom is 0.233 e. The Morgan fingerprint density at radius 3 is 2.72 bits per heavy atom. The van der Waals surface area contributed by atoms with Crippen molar-refractivity contribution in [3.63, 3.8) is 0 Å². The van der Waals surface area contributed by atoms with Crippen molar-refractivity contribution >= 4 is 22.4 Å². The molecule has 1 aliphatic rings.